The van der Waals surface area contributed by atoms with Crippen LogP contribution in [0, 0.1) is 5.41 Å². The Hall–Kier alpha value is 0.370. The van der Waals surface area contributed by atoms with Gasteiger partial charge < -0.3 is 9.63 Å². The molecule has 0 spiro atoms. The van der Waals surface area contributed by atoms with E-state index in [0.29, 0.717) is 21.2 Å². The Balaban J connectivity index is 3.62. The van der Waals surface area contributed by atoms with E-state index in [9.17, 15) is 4.79 Å². The molecular weight excluding hydrogens is 207 g/mol. The summed E-state index contributed by atoms with van der Waals surface area (Å²) in [5.41, 5.74) is -0.626. The van der Waals surface area contributed by atoms with E-state index in [2.05, 4.69) is 0 Å². The van der Waals surface area contributed by atoms with Gasteiger partial charge in [0.05, 0.1) is 18.6 Å². The van der Waals surface area contributed by atoms with Gasteiger partial charge in [0.15, 0.2) is 5.12 Å². The Morgan fingerprint density at radius 2 is 2.23 bits per heavy atom. The van der Waals surface area contributed by atoms with Crippen molar-refractivity contribution in [2.75, 3.05) is 25.6 Å². The molecule has 0 saturated heterocycles. The zero-order valence-electron chi connectivity index (χ0n) is 8.29. The van der Waals surface area contributed by atoms with Crippen molar-refractivity contribution in [3.8, 4) is 0 Å². The summed E-state index contributed by atoms with van der Waals surface area (Å²) in [5, 5.41) is 8.93. The first-order valence-corrected chi connectivity index (χ1v) is 6.50. The van der Waals surface area contributed by atoms with Gasteiger partial charge in [0.1, 0.15) is 0 Å². The number of carbonyl (C=O) groups excluding carboxylic acids is 1. The van der Waals surface area contributed by atoms with Gasteiger partial charge in [-0.1, -0.05) is 11.8 Å². The first-order valence-electron chi connectivity index (χ1n) is 4.11. The number of hydrogen-bond acceptors (Lipinski definition) is 4. The highest BCUT2D eigenvalue weighted by Crippen LogP contribution is 2.23. The second-order valence-electron chi connectivity index (χ2n) is 3.23. The topological polar surface area (TPSA) is 46.5 Å². The van der Waals surface area contributed by atoms with Crippen LogP contribution in [0.5, 0.6) is 0 Å². The van der Waals surface area contributed by atoms with E-state index in [1.807, 2.05) is 6.66 Å². The van der Waals surface area contributed by atoms with Gasteiger partial charge in [-0.05, 0) is 20.5 Å². The fourth-order valence-corrected chi connectivity index (χ4v) is 1.80. The minimum absolute atomic E-state index is 0.0260. The van der Waals surface area contributed by atoms with Crippen LogP contribution in [0.25, 0.3) is 0 Å². The molecule has 0 bridgehead atoms. The molecule has 0 aliphatic rings. The van der Waals surface area contributed by atoms with Crippen molar-refractivity contribution in [3.05, 3.63) is 0 Å². The lowest BCUT2D eigenvalue weighted by molar-refractivity contribution is -0.119. The Kier molecular flexibility index (Phi) is 6.96. The van der Waals surface area contributed by atoms with Gasteiger partial charge in [0, 0.05) is 14.6 Å². The molecule has 0 aromatic heterocycles. The summed E-state index contributed by atoms with van der Waals surface area (Å²) < 4.78 is 5.12. The molecule has 0 aliphatic heterocycles. The lowest BCUT2D eigenvalue weighted by Crippen LogP contribution is -2.26. The van der Waals surface area contributed by atoms with E-state index in [1.54, 1.807) is 13.8 Å². The number of carbonyl (C=O) groups is 1. The molecule has 13 heavy (non-hydrogen) atoms. The zero-order chi connectivity index (χ0) is 10.3. The van der Waals surface area contributed by atoms with Crippen LogP contribution in [0.4, 0.5) is 0 Å². The minimum Gasteiger partial charge on any atom is -0.395 e. The molecule has 5 heteroatoms. The highest BCUT2D eigenvalue weighted by atomic mass is 32.2. The summed E-state index contributed by atoms with van der Waals surface area (Å²) in [5.74, 6) is 0.670. The standard InChI is InChI=1S/C8H17O3PS/c1-8(2,6-9)7(10)13-5-4-11-12-3/h9,12H,4-6H2,1-3H3. The van der Waals surface area contributed by atoms with Gasteiger partial charge in [0.25, 0.3) is 0 Å². The maximum atomic E-state index is 11.4. The largest absolute Gasteiger partial charge is 0.395 e. The predicted molar refractivity (Wildman–Crippen MR) is 58.5 cm³/mol. The zero-order valence-corrected chi connectivity index (χ0v) is 10.1. The van der Waals surface area contributed by atoms with Crippen LogP contribution in [0.2, 0.25) is 0 Å². The van der Waals surface area contributed by atoms with Gasteiger partial charge in [-0.15, -0.1) is 0 Å². The molecule has 0 radical (unpaired) electrons. The molecule has 0 aromatic rings. The van der Waals surface area contributed by atoms with Crippen molar-refractivity contribution in [1.82, 2.24) is 0 Å². The molecule has 3 nitrogen and oxygen atoms in total. The average Bonchev–Trinajstić information content (AvgIpc) is 2.12. The molecule has 1 atom stereocenters. The summed E-state index contributed by atoms with van der Waals surface area (Å²) >= 11 is 1.23. The molecule has 78 valence electrons. The smallest absolute Gasteiger partial charge is 0.196 e. The molecule has 1 unspecified atom stereocenters. The number of thioether (sulfide) groups is 1. The predicted octanol–water partition coefficient (Wildman–Crippen LogP) is 1.50. The van der Waals surface area contributed by atoms with E-state index in [-0.39, 0.29) is 11.7 Å². The first kappa shape index (κ1) is 13.4. The molecule has 0 amide bonds. The van der Waals surface area contributed by atoms with Crippen LogP contribution in [-0.2, 0) is 9.32 Å². The minimum atomic E-state index is -0.626. The van der Waals surface area contributed by atoms with Crippen LogP contribution >= 0.6 is 20.6 Å². The molecule has 0 heterocycles. The maximum absolute atomic E-state index is 11.4. The molecule has 0 aliphatic carbocycles. The van der Waals surface area contributed by atoms with Gasteiger partial charge in [-0.25, -0.2) is 0 Å². The summed E-state index contributed by atoms with van der Waals surface area (Å²) in [6.07, 6.45) is 0. The van der Waals surface area contributed by atoms with Gasteiger partial charge >= 0.3 is 0 Å². The fraction of sp³-hybridized carbons (Fsp3) is 0.875. The van der Waals surface area contributed by atoms with Crippen molar-refractivity contribution in [1.29, 1.82) is 0 Å². The van der Waals surface area contributed by atoms with Crippen molar-refractivity contribution < 1.29 is 14.4 Å². The normalized spacial score (nSPS) is 12.6. The SMILES string of the molecule is CPOCCSC(=O)C(C)(C)CO. The Morgan fingerprint density at radius 3 is 2.69 bits per heavy atom. The average molecular weight is 224 g/mol. The van der Waals surface area contributed by atoms with Gasteiger partial charge in [-0.3, -0.25) is 4.79 Å². The first-order chi connectivity index (χ1) is 6.04. The number of rotatable bonds is 6. The monoisotopic (exact) mass is 224 g/mol. The van der Waals surface area contributed by atoms with E-state index >= 15 is 0 Å². The summed E-state index contributed by atoms with van der Waals surface area (Å²) in [7, 11) is 0.474. The van der Waals surface area contributed by atoms with Crippen molar-refractivity contribution in [3.63, 3.8) is 0 Å². The molecular formula is C8H17O3PS. The maximum Gasteiger partial charge on any atom is 0.196 e. The summed E-state index contributed by atoms with van der Waals surface area (Å²) in [6, 6.07) is 0. The van der Waals surface area contributed by atoms with Crippen LogP contribution in [0.3, 0.4) is 0 Å². The lowest BCUT2D eigenvalue weighted by atomic mass is 9.97. The number of aliphatic hydroxyl groups excluding tert-OH is 1. The highest BCUT2D eigenvalue weighted by Gasteiger charge is 2.26. The van der Waals surface area contributed by atoms with E-state index < -0.39 is 5.41 Å². The molecule has 0 saturated carbocycles. The molecule has 0 fully saturated rings. The fourth-order valence-electron chi connectivity index (χ4n) is 0.538. The van der Waals surface area contributed by atoms with Crippen molar-refractivity contribution >= 4 is 25.7 Å². The summed E-state index contributed by atoms with van der Waals surface area (Å²) in [6.45, 7) is 5.93. The van der Waals surface area contributed by atoms with Gasteiger partial charge in [0.2, 0.25) is 0 Å². The molecule has 0 aromatic carbocycles. The highest BCUT2D eigenvalue weighted by molar-refractivity contribution is 8.13. The molecule has 1 N–H and O–H groups in total. The lowest BCUT2D eigenvalue weighted by Gasteiger charge is -2.18. The van der Waals surface area contributed by atoms with E-state index in [1.165, 1.54) is 11.8 Å². The van der Waals surface area contributed by atoms with Gasteiger partial charge in [-0.2, -0.15) is 0 Å². The third-order valence-electron chi connectivity index (χ3n) is 1.51. The van der Waals surface area contributed by atoms with E-state index in [0.717, 1.165) is 0 Å². The van der Waals surface area contributed by atoms with Crippen LogP contribution in [0.15, 0.2) is 0 Å². The Bertz CT molecular complexity index is 161. The third kappa shape index (κ3) is 5.63. The Labute approximate surface area is 85.5 Å². The number of hydrogen-bond donors (Lipinski definition) is 1. The van der Waals surface area contributed by atoms with Crippen LogP contribution < -0.4 is 0 Å². The number of aliphatic hydroxyl groups is 1. The third-order valence-corrected chi connectivity index (χ3v) is 3.19. The Morgan fingerprint density at radius 1 is 1.62 bits per heavy atom. The second-order valence-corrected chi connectivity index (χ2v) is 5.00. The van der Waals surface area contributed by atoms with E-state index in [4.69, 9.17) is 9.63 Å². The van der Waals surface area contributed by atoms with Crippen LogP contribution in [0.1, 0.15) is 13.8 Å². The van der Waals surface area contributed by atoms with Crippen LogP contribution in [-0.4, -0.2) is 35.9 Å². The molecule has 0 rings (SSSR count). The quantitative estimate of drug-likeness (QED) is 0.548. The van der Waals surface area contributed by atoms with Crippen molar-refractivity contribution in [2.45, 2.75) is 13.8 Å². The second kappa shape index (κ2) is 6.77. The summed E-state index contributed by atoms with van der Waals surface area (Å²) in [4.78, 5) is 11.4. The van der Waals surface area contributed by atoms with Crippen molar-refractivity contribution in [2.24, 2.45) is 5.41 Å².